The van der Waals surface area contributed by atoms with Gasteiger partial charge in [0.25, 0.3) is 0 Å². The van der Waals surface area contributed by atoms with Crippen molar-refractivity contribution in [3.8, 4) is 11.5 Å². The first-order chi connectivity index (χ1) is 10.1. The Hall–Kier alpha value is -1.17. The van der Waals surface area contributed by atoms with E-state index in [9.17, 15) is 0 Å². The molecule has 4 nitrogen and oxygen atoms in total. The van der Waals surface area contributed by atoms with Crippen molar-refractivity contribution in [1.82, 2.24) is 14.8 Å². The van der Waals surface area contributed by atoms with Gasteiger partial charge in [-0.15, -0.1) is 0 Å². The molecular formula is C16H23N3OS. The summed E-state index contributed by atoms with van der Waals surface area (Å²) in [6.07, 6.45) is 2.55. The summed E-state index contributed by atoms with van der Waals surface area (Å²) in [5, 5.41) is 4.14. The van der Waals surface area contributed by atoms with Gasteiger partial charge in [-0.3, -0.25) is 4.90 Å². The predicted octanol–water partition coefficient (Wildman–Crippen LogP) is 3.24. The van der Waals surface area contributed by atoms with E-state index in [0.29, 0.717) is 6.04 Å². The molecule has 0 N–H and O–H groups in total. The Labute approximate surface area is 130 Å². The van der Waals surface area contributed by atoms with E-state index in [2.05, 4.69) is 40.7 Å². The number of oxazole rings is 1. The zero-order chi connectivity index (χ0) is 14.8. The lowest BCUT2D eigenvalue weighted by Crippen LogP contribution is -2.44. The van der Waals surface area contributed by atoms with E-state index in [-0.39, 0.29) is 0 Å². The van der Waals surface area contributed by atoms with Gasteiger partial charge in [-0.25, -0.2) is 4.98 Å². The van der Waals surface area contributed by atoms with Crippen LogP contribution < -0.4 is 0 Å². The van der Waals surface area contributed by atoms with Crippen LogP contribution in [0.3, 0.4) is 0 Å². The average molecular weight is 305 g/mol. The molecular weight excluding hydrogens is 282 g/mol. The number of nitrogens with zero attached hydrogens (tertiary/aromatic N) is 3. The molecule has 3 rings (SSSR count). The fourth-order valence-electron chi connectivity index (χ4n) is 2.89. The molecule has 2 aromatic rings. The Kier molecular flexibility index (Phi) is 4.42. The Morgan fingerprint density at radius 2 is 2.33 bits per heavy atom. The molecule has 3 heterocycles. The minimum atomic E-state index is 0.655. The van der Waals surface area contributed by atoms with E-state index in [4.69, 9.17) is 9.40 Å². The summed E-state index contributed by atoms with van der Waals surface area (Å²) in [5.41, 5.74) is 2.16. The number of piperidine rings is 1. The Balaban J connectivity index is 1.70. The van der Waals surface area contributed by atoms with E-state index in [1.54, 1.807) is 11.3 Å². The molecule has 0 spiro atoms. The molecule has 1 aliphatic rings. The van der Waals surface area contributed by atoms with Crippen LogP contribution >= 0.6 is 11.3 Å². The first-order valence-corrected chi connectivity index (χ1v) is 8.45. The lowest BCUT2D eigenvalue weighted by atomic mass is 10.0. The van der Waals surface area contributed by atoms with Gasteiger partial charge in [0.15, 0.2) is 0 Å². The van der Waals surface area contributed by atoms with E-state index < -0.39 is 0 Å². The quantitative estimate of drug-likeness (QED) is 0.868. The van der Waals surface area contributed by atoms with Crippen molar-refractivity contribution in [2.75, 3.05) is 27.2 Å². The molecule has 0 saturated carbocycles. The van der Waals surface area contributed by atoms with Crippen LogP contribution in [0.1, 0.15) is 24.3 Å². The maximum absolute atomic E-state index is 5.83. The molecule has 1 fully saturated rings. The summed E-state index contributed by atoms with van der Waals surface area (Å²) < 4.78 is 5.83. The summed E-state index contributed by atoms with van der Waals surface area (Å²) in [5.74, 6) is 1.70. The number of likely N-dealkylation sites (N-methyl/N-ethyl adjacent to an activating group) is 1. The molecule has 0 radical (unpaired) electrons. The van der Waals surface area contributed by atoms with Gasteiger partial charge in [-0.05, 0) is 51.9 Å². The SMILES string of the molecule is Cc1oc(-c2ccsc2)nc1CN1CCC[C@H](N(C)C)C1. The molecule has 1 aliphatic heterocycles. The van der Waals surface area contributed by atoms with Crippen LogP contribution in [0, 0.1) is 6.92 Å². The van der Waals surface area contributed by atoms with Crippen molar-refractivity contribution in [2.24, 2.45) is 0 Å². The van der Waals surface area contributed by atoms with Gasteiger partial charge in [-0.2, -0.15) is 11.3 Å². The molecule has 0 unspecified atom stereocenters. The minimum absolute atomic E-state index is 0.655. The molecule has 2 aromatic heterocycles. The highest BCUT2D eigenvalue weighted by Crippen LogP contribution is 2.25. The van der Waals surface area contributed by atoms with Crippen LogP contribution in [-0.4, -0.2) is 48.0 Å². The van der Waals surface area contributed by atoms with E-state index in [1.165, 1.54) is 12.8 Å². The van der Waals surface area contributed by atoms with Gasteiger partial charge in [0, 0.05) is 30.1 Å². The maximum Gasteiger partial charge on any atom is 0.227 e. The molecule has 1 atom stereocenters. The molecule has 0 aliphatic carbocycles. The molecule has 0 amide bonds. The number of aromatic nitrogens is 1. The topological polar surface area (TPSA) is 32.5 Å². The van der Waals surface area contributed by atoms with Crippen molar-refractivity contribution in [3.05, 3.63) is 28.3 Å². The number of thiophene rings is 1. The van der Waals surface area contributed by atoms with Crippen LogP contribution in [0.25, 0.3) is 11.5 Å². The van der Waals surface area contributed by atoms with Crippen molar-refractivity contribution in [1.29, 1.82) is 0 Å². The number of aryl methyl sites for hydroxylation is 1. The summed E-state index contributed by atoms with van der Waals surface area (Å²) in [6, 6.07) is 2.71. The van der Waals surface area contributed by atoms with Crippen molar-refractivity contribution in [3.63, 3.8) is 0 Å². The molecule has 5 heteroatoms. The van der Waals surface area contributed by atoms with Crippen molar-refractivity contribution in [2.45, 2.75) is 32.4 Å². The zero-order valence-electron chi connectivity index (χ0n) is 13.0. The van der Waals surface area contributed by atoms with Crippen LogP contribution in [0.2, 0.25) is 0 Å². The van der Waals surface area contributed by atoms with Gasteiger partial charge in [0.2, 0.25) is 5.89 Å². The van der Waals surface area contributed by atoms with E-state index in [0.717, 1.165) is 42.5 Å². The molecule has 114 valence electrons. The van der Waals surface area contributed by atoms with Crippen LogP contribution in [-0.2, 0) is 6.54 Å². The van der Waals surface area contributed by atoms with Crippen LogP contribution in [0.5, 0.6) is 0 Å². The first kappa shape index (κ1) is 14.8. The number of hydrogen-bond acceptors (Lipinski definition) is 5. The highest BCUT2D eigenvalue weighted by Gasteiger charge is 2.23. The summed E-state index contributed by atoms with van der Waals surface area (Å²) >= 11 is 1.67. The second kappa shape index (κ2) is 6.30. The van der Waals surface area contributed by atoms with Gasteiger partial charge in [-0.1, -0.05) is 0 Å². The normalized spacial score (nSPS) is 20.3. The van der Waals surface area contributed by atoms with Crippen LogP contribution in [0.4, 0.5) is 0 Å². The smallest absolute Gasteiger partial charge is 0.227 e. The molecule has 0 bridgehead atoms. The van der Waals surface area contributed by atoms with Gasteiger partial charge in [0.05, 0.1) is 5.69 Å². The standard InChI is InChI=1S/C16H23N3OS/c1-12-15(17-16(20-12)13-6-8-21-11-13)10-19-7-4-5-14(9-19)18(2)3/h6,8,11,14H,4-5,7,9-10H2,1-3H3/t14-/m0/s1. The molecule has 21 heavy (non-hydrogen) atoms. The van der Waals surface area contributed by atoms with Crippen molar-refractivity contribution >= 4 is 11.3 Å². The van der Waals surface area contributed by atoms with Crippen LogP contribution in [0.15, 0.2) is 21.2 Å². The second-order valence-electron chi connectivity index (χ2n) is 6.03. The Morgan fingerprint density at radius 1 is 1.48 bits per heavy atom. The van der Waals surface area contributed by atoms with E-state index >= 15 is 0 Å². The molecule has 1 saturated heterocycles. The predicted molar refractivity (Wildman–Crippen MR) is 86.5 cm³/mol. The summed E-state index contributed by atoms with van der Waals surface area (Å²) in [7, 11) is 4.34. The lowest BCUT2D eigenvalue weighted by molar-refractivity contribution is 0.126. The first-order valence-electron chi connectivity index (χ1n) is 7.51. The Morgan fingerprint density at radius 3 is 3.05 bits per heavy atom. The second-order valence-corrected chi connectivity index (χ2v) is 6.81. The number of rotatable bonds is 4. The van der Waals surface area contributed by atoms with Gasteiger partial charge >= 0.3 is 0 Å². The minimum Gasteiger partial charge on any atom is -0.441 e. The Bertz CT molecular complexity index is 576. The third kappa shape index (κ3) is 3.36. The van der Waals surface area contributed by atoms with E-state index in [1.807, 2.05) is 6.92 Å². The average Bonchev–Trinajstić information content (AvgIpc) is 3.10. The number of hydrogen-bond donors (Lipinski definition) is 0. The fourth-order valence-corrected chi connectivity index (χ4v) is 3.52. The van der Waals surface area contributed by atoms with Crippen molar-refractivity contribution < 1.29 is 4.42 Å². The van der Waals surface area contributed by atoms with Gasteiger partial charge < -0.3 is 9.32 Å². The zero-order valence-corrected chi connectivity index (χ0v) is 13.8. The summed E-state index contributed by atoms with van der Waals surface area (Å²) in [6.45, 7) is 5.19. The monoisotopic (exact) mass is 305 g/mol. The third-order valence-electron chi connectivity index (χ3n) is 4.25. The lowest BCUT2D eigenvalue weighted by Gasteiger charge is -2.35. The fraction of sp³-hybridized carbons (Fsp3) is 0.562. The maximum atomic E-state index is 5.83. The number of likely N-dealkylation sites (tertiary alicyclic amines) is 1. The largest absolute Gasteiger partial charge is 0.441 e. The summed E-state index contributed by atoms with van der Waals surface area (Å²) in [4.78, 5) is 9.53. The highest BCUT2D eigenvalue weighted by atomic mass is 32.1. The highest BCUT2D eigenvalue weighted by molar-refractivity contribution is 7.08. The molecule has 0 aromatic carbocycles. The third-order valence-corrected chi connectivity index (χ3v) is 4.93. The van der Waals surface area contributed by atoms with Gasteiger partial charge in [0.1, 0.15) is 5.76 Å².